The molecule has 0 bridgehead atoms. The summed E-state index contributed by atoms with van der Waals surface area (Å²) >= 11 is 7.56. The van der Waals surface area contributed by atoms with E-state index in [1.807, 2.05) is 55.5 Å². The van der Waals surface area contributed by atoms with E-state index in [1.54, 1.807) is 11.3 Å². The summed E-state index contributed by atoms with van der Waals surface area (Å²) in [6.45, 7) is 4.08. The third-order valence-electron chi connectivity index (χ3n) is 5.32. The minimum atomic E-state index is -0.844. The van der Waals surface area contributed by atoms with Gasteiger partial charge in [-0.1, -0.05) is 54.9 Å². The SMILES string of the molecule is CCc1c(C)nc(-c2cc(C=Cc3ccc(Cl)cc3)cs2)nc1Nc1ccc(CC(=O)O)cc1. The molecule has 2 aromatic heterocycles. The number of halogens is 1. The predicted molar refractivity (Wildman–Crippen MR) is 141 cm³/mol. The van der Waals surface area contributed by atoms with E-state index in [0.717, 1.165) is 55.8 Å². The number of anilines is 2. The number of thiophene rings is 1. The zero-order valence-corrected chi connectivity index (χ0v) is 20.5. The van der Waals surface area contributed by atoms with Crippen molar-refractivity contribution in [3.8, 4) is 10.7 Å². The summed E-state index contributed by atoms with van der Waals surface area (Å²) in [7, 11) is 0. The molecule has 0 atom stereocenters. The maximum Gasteiger partial charge on any atom is 0.307 e. The smallest absolute Gasteiger partial charge is 0.307 e. The van der Waals surface area contributed by atoms with Crippen molar-refractivity contribution in [1.82, 2.24) is 9.97 Å². The molecule has 7 heteroatoms. The first kappa shape index (κ1) is 23.7. The van der Waals surface area contributed by atoms with E-state index >= 15 is 0 Å². The molecule has 0 saturated heterocycles. The molecule has 0 unspecified atom stereocenters. The van der Waals surface area contributed by atoms with Crippen molar-refractivity contribution in [3.05, 3.63) is 92.9 Å². The molecule has 0 fully saturated rings. The summed E-state index contributed by atoms with van der Waals surface area (Å²) in [5.41, 5.74) is 5.76. The maximum absolute atomic E-state index is 10.9. The summed E-state index contributed by atoms with van der Waals surface area (Å²) in [6.07, 6.45) is 4.92. The second-order valence-electron chi connectivity index (χ2n) is 7.83. The van der Waals surface area contributed by atoms with Gasteiger partial charge >= 0.3 is 5.97 Å². The van der Waals surface area contributed by atoms with Crippen molar-refractivity contribution in [3.63, 3.8) is 0 Å². The van der Waals surface area contributed by atoms with E-state index in [9.17, 15) is 4.79 Å². The molecule has 0 saturated carbocycles. The maximum atomic E-state index is 10.9. The third kappa shape index (κ3) is 5.90. The quantitative estimate of drug-likeness (QED) is 0.272. The average molecular weight is 490 g/mol. The Morgan fingerprint density at radius 1 is 1.06 bits per heavy atom. The van der Waals surface area contributed by atoms with Crippen LogP contribution in [0.25, 0.3) is 22.9 Å². The summed E-state index contributed by atoms with van der Waals surface area (Å²) in [6, 6.07) is 17.2. The highest BCUT2D eigenvalue weighted by atomic mass is 35.5. The number of carboxylic acids is 1. The van der Waals surface area contributed by atoms with Crippen LogP contribution in [0.15, 0.2) is 60.0 Å². The topological polar surface area (TPSA) is 75.1 Å². The van der Waals surface area contributed by atoms with Gasteiger partial charge in [-0.3, -0.25) is 4.79 Å². The fraction of sp³-hybridized carbons (Fsp3) is 0.148. The number of aromatic nitrogens is 2. The largest absolute Gasteiger partial charge is 0.481 e. The molecule has 4 aromatic rings. The Morgan fingerprint density at radius 2 is 1.76 bits per heavy atom. The van der Waals surface area contributed by atoms with Gasteiger partial charge in [-0.25, -0.2) is 9.97 Å². The Morgan fingerprint density at radius 3 is 2.44 bits per heavy atom. The van der Waals surface area contributed by atoms with Crippen LogP contribution in [0.1, 0.15) is 34.9 Å². The molecule has 0 aliphatic rings. The molecule has 2 N–H and O–H groups in total. The van der Waals surface area contributed by atoms with Crippen LogP contribution < -0.4 is 5.32 Å². The van der Waals surface area contributed by atoms with Crippen LogP contribution in [0.3, 0.4) is 0 Å². The normalized spacial score (nSPS) is 11.1. The fourth-order valence-electron chi connectivity index (χ4n) is 3.57. The molecule has 0 aliphatic heterocycles. The van der Waals surface area contributed by atoms with E-state index in [4.69, 9.17) is 26.7 Å². The van der Waals surface area contributed by atoms with Crippen molar-refractivity contribution in [2.75, 3.05) is 5.32 Å². The van der Waals surface area contributed by atoms with Crippen molar-refractivity contribution < 1.29 is 9.90 Å². The van der Waals surface area contributed by atoms with Gasteiger partial charge in [0.2, 0.25) is 0 Å². The lowest BCUT2D eigenvalue weighted by Gasteiger charge is -2.14. The Kier molecular flexibility index (Phi) is 7.40. The van der Waals surface area contributed by atoms with Gasteiger partial charge in [0.1, 0.15) is 5.82 Å². The molecule has 4 rings (SSSR count). The lowest BCUT2D eigenvalue weighted by Crippen LogP contribution is -2.05. The van der Waals surface area contributed by atoms with Gasteiger partial charge in [0.15, 0.2) is 5.82 Å². The van der Waals surface area contributed by atoms with E-state index in [1.165, 1.54) is 0 Å². The van der Waals surface area contributed by atoms with Gasteiger partial charge in [0, 0.05) is 22.0 Å². The van der Waals surface area contributed by atoms with Crippen molar-refractivity contribution in [2.24, 2.45) is 0 Å². The highest BCUT2D eigenvalue weighted by Crippen LogP contribution is 2.30. The number of aryl methyl sites for hydroxylation is 1. The standard InChI is InChI=1S/C27H24ClN3O2S/c1-3-23-17(2)29-27(31-26(23)30-22-12-8-19(9-13-22)15-25(32)33)24-14-20(16-34-24)5-4-18-6-10-21(28)11-7-18/h4-14,16H,3,15H2,1-2H3,(H,32,33)(H,29,30,31). The van der Waals surface area contributed by atoms with Gasteiger partial charge in [0.05, 0.1) is 11.3 Å². The van der Waals surface area contributed by atoms with E-state index < -0.39 is 5.97 Å². The molecule has 5 nitrogen and oxygen atoms in total. The summed E-state index contributed by atoms with van der Waals surface area (Å²) in [4.78, 5) is 21.5. The lowest BCUT2D eigenvalue weighted by molar-refractivity contribution is -0.136. The van der Waals surface area contributed by atoms with Crippen LogP contribution >= 0.6 is 22.9 Å². The molecule has 0 spiro atoms. The number of hydrogen-bond donors (Lipinski definition) is 2. The minimum absolute atomic E-state index is 0.00439. The van der Waals surface area contributed by atoms with E-state index in [0.29, 0.717) is 5.82 Å². The van der Waals surface area contributed by atoms with Gasteiger partial charge in [0.25, 0.3) is 0 Å². The van der Waals surface area contributed by atoms with Crippen molar-refractivity contribution in [2.45, 2.75) is 26.7 Å². The highest BCUT2D eigenvalue weighted by Gasteiger charge is 2.13. The summed E-state index contributed by atoms with van der Waals surface area (Å²) < 4.78 is 0. The number of nitrogens with zero attached hydrogens (tertiary/aromatic N) is 2. The van der Waals surface area contributed by atoms with Crippen molar-refractivity contribution in [1.29, 1.82) is 0 Å². The molecule has 0 aliphatic carbocycles. The number of rotatable bonds is 8. The van der Waals surface area contributed by atoms with Crippen LogP contribution in [0.2, 0.25) is 5.02 Å². The number of carbonyl (C=O) groups is 1. The van der Waals surface area contributed by atoms with Crippen LogP contribution in [0, 0.1) is 6.92 Å². The number of benzene rings is 2. The van der Waals surface area contributed by atoms with Crippen molar-refractivity contribution >= 4 is 52.6 Å². The molecule has 172 valence electrons. The molecular formula is C27H24ClN3O2S. The third-order valence-corrected chi connectivity index (χ3v) is 6.51. The molecule has 2 heterocycles. The van der Waals surface area contributed by atoms with Gasteiger partial charge in [-0.05, 0) is 65.7 Å². The molecule has 0 amide bonds. The molecular weight excluding hydrogens is 466 g/mol. The Hall–Kier alpha value is -3.48. The summed E-state index contributed by atoms with van der Waals surface area (Å²) in [5, 5.41) is 15.2. The molecule has 34 heavy (non-hydrogen) atoms. The summed E-state index contributed by atoms with van der Waals surface area (Å²) in [5.74, 6) is 0.599. The van der Waals surface area contributed by atoms with Gasteiger partial charge < -0.3 is 10.4 Å². The monoisotopic (exact) mass is 489 g/mol. The Bertz CT molecular complexity index is 1330. The second-order valence-corrected chi connectivity index (χ2v) is 9.18. The zero-order valence-electron chi connectivity index (χ0n) is 18.9. The second kappa shape index (κ2) is 10.6. The van der Waals surface area contributed by atoms with Crippen LogP contribution in [0.5, 0.6) is 0 Å². The number of hydrogen-bond acceptors (Lipinski definition) is 5. The number of carboxylic acid groups (broad SMARTS) is 1. The van der Waals surface area contributed by atoms with Gasteiger partial charge in [-0.15, -0.1) is 11.3 Å². The first-order valence-electron chi connectivity index (χ1n) is 10.9. The van der Waals surface area contributed by atoms with Crippen LogP contribution in [0.4, 0.5) is 11.5 Å². The van der Waals surface area contributed by atoms with E-state index in [2.05, 4.69) is 35.8 Å². The Balaban J connectivity index is 1.57. The fourth-order valence-corrected chi connectivity index (χ4v) is 4.51. The van der Waals surface area contributed by atoms with Crippen LogP contribution in [-0.2, 0) is 17.6 Å². The average Bonchev–Trinajstić information content (AvgIpc) is 3.29. The number of aliphatic carboxylic acids is 1. The minimum Gasteiger partial charge on any atom is -0.481 e. The Labute approximate surface area is 207 Å². The number of nitrogens with one attached hydrogen (secondary N) is 1. The molecule has 2 aromatic carbocycles. The first-order chi connectivity index (χ1) is 16.4. The highest BCUT2D eigenvalue weighted by molar-refractivity contribution is 7.13. The first-order valence-corrected chi connectivity index (χ1v) is 12.1. The van der Waals surface area contributed by atoms with Gasteiger partial charge in [-0.2, -0.15) is 0 Å². The lowest BCUT2D eigenvalue weighted by atomic mass is 10.1. The molecule has 0 radical (unpaired) electrons. The zero-order chi connectivity index (χ0) is 24.1. The van der Waals surface area contributed by atoms with E-state index in [-0.39, 0.29) is 6.42 Å². The van der Waals surface area contributed by atoms with Crippen LogP contribution in [-0.4, -0.2) is 21.0 Å². The predicted octanol–water partition coefficient (Wildman–Crippen LogP) is 7.27.